The summed E-state index contributed by atoms with van der Waals surface area (Å²) in [5.74, 6) is -0.303. The Labute approximate surface area is 237 Å². The van der Waals surface area contributed by atoms with Crippen LogP contribution in [-0.4, -0.2) is 18.9 Å². The normalized spacial score (nSPS) is 10.4. The minimum absolute atomic E-state index is 0.290. The summed E-state index contributed by atoms with van der Waals surface area (Å²) < 4.78 is 5.35. The van der Waals surface area contributed by atoms with E-state index >= 15 is 0 Å². The molecule has 2 amide bonds. The molecule has 5 aromatic carbocycles. The molecule has 5 rings (SSSR count). The number of methoxy groups -OCH3 is 1. The van der Waals surface area contributed by atoms with Gasteiger partial charge < -0.3 is 20.3 Å². The highest BCUT2D eigenvalue weighted by atomic mass is 35.5. The highest BCUT2D eigenvalue weighted by Crippen LogP contribution is 2.36. The number of carbonyl (C=O) groups is 2. The van der Waals surface area contributed by atoms with Crippen molar-refractivity contribution in [3.05, 3.63) is 144 Å². The van der Waals surface area contributed by atoms with Crippen LogP contribution in [0.4, 0.5) is 28.4 Å². The summed E-state index contributed by atoms with van der Waals surface area (Å²) in [6.45, 7) is 0. The highest BCUT2D eigenvalue weighted by molar-refractivity contribution is 6.31. The van der Waals surface area contributed by atoms with Crippen molar-refractivity contribution in [2.24, 2.45) is 0 Å². The molecule has 0 heterocycles. The predicted molar refractivity (Wildman–Crippen MR) is 161 cm³/mol. The summed E-state index contributed by atoms with van der Waals surface area (Å²) in [6.07, 6.45) is 0. The zero-order chi connectivity index (χ0) is 27.9. The first-order chi connectivity index (χ1) is 19.5. The van der Waals surface area contributed by atoms with Crippen LogP contribution in [-0.2, 0) is 0 Å². The van der Waals surface area contributed by atoms with Gasteiger partial charge in [-0.2, -0.15) is 0 Å². The Morgan fingerprint density at radius 1 is 0.625 bits per heavy atom. The van der Waals surface area contributed by atoms with Gasteiger partial charge in [-0.1, -0.05) is 72.3 Å². The number of hydrogen-bond donors (Lipinski definition) is 2. The fraction of sp³-hybridized carbons (Fsp3) is 0.0303. The summed E-state index contributed by atoms with van der Waals surface area (Å²) in [6, 6.07) is 38.9. The van der Waals surface area contributed by atoms with Crippen LogP contribution in [0.1, 0.15) is 20.7 Å². The third-order valence-corrected chi connectivity index (χ3v) is 6.48. The molecule has 7 heteroatoms. The summed E-state index contributed by atoms with van der Waals surface area (Å²) in [4.78, 5) is 29.1. The summed E-state index contributed by atoms with van der Waals surface area (Å²) >= 11 is 6.13. The second-order valence-electron chi connectivity index (χ2n) is 8.82. The van der Waals surface area contributed by atoms with Crippen molar-refractivity contribution in [2.75, 3.05) is 22.6 Å². The zero-order valence-corrected chi connectivity index (χ0v) is 22.4. The average Bonchev–Trinajstić information content (AvgIpc) is 2.99. The summed E-state index contributed by atoms with van der Waals surface area (Å²) in [7, 11) is 1.51. The Kier molecular flexibility index (Phi) is 8.09. The van der Waals surface area contributed by atoms with Crippen molar-refractivity contribution in [3.63, 3.8) is 0 Å². The third-order valence-electron chi connectivity index (χ3n) is 6.25. The van der Waals surface area contributed by atoms with E-state index in [1.807, 2.05) is 83.8 Å². The fourth-order valence-corrected chi connectivity index (χ4v) is 4.56. The molecule has 0 saturated carbocycles. The lowest BCUT2D eigenvalue weighted by Crippen LogP contribution is -2.21. The molecule has 198 valence electrons. The molecule has 0 aromatic heterocycles. The van der Waals surface area contributed by atoms with Crippen molar-refractivity contribution in [3.8, 4) is 5.75 Å². The van der Waals surface area contributed by atoms with Gasteiger partial charge in [0.05, 0.1) is 35.3 Å². The van der Waals surface area contributed by atoms with E-state index in [0.29, 0.717) is 39.0 Å². The molecule has 40 heavy (non-hydrogen) atoms. The number of anilines is 5. The van der Waals surface area contributed by atoms with Crippen LogP contribution < -0.4 is 20.3 Å². The van der Waals surface area contributed by atoms with E-state index in [4.69, 9.17) is 16.3 Å². The van der Waals surface area contributed by atoms with Gasteiger partial charge in [0, 0.05) is 16.4 Å². The molecule has 0 aliphatic rings. The third kappa shape index (κ3) is 5.82. The van der Waals surface area contributed by atoms with Gasteiger partial charge in [0.2, 0.25) is 0 Å². The number of halogens is 1. The van der Waals surface area contributed by atoms with E-state index in [0.717, 1.165) is 11.4 Å². The number of benzene rings is 5. The number of ether oxygens (including phenoxy) is 1. The number of hydrogen-bond acceptors (Lipinski definition) is 4. The molecule has 0 aliphatic heterocycles. The Hall–Kier alpha value is -5.07. The summed E-state index contributed by atoms with van der Waals surface area (Å²) in [5.41, 5.74) is 4.04. The zero-order valence-electron chi connectivity index (χ0n) is 21.7. The van der Waals surface area contributed by atoms with Crippen LogP contribution in [0.15, 0.2) is 127 Å². The minimum atomic E-state index is -0.417. The molecule has 0 atom stereocenters. The number of nitrogens with one attached hydrogen (secondary N) is 2. The molecule has 5 aromatic rings. The van der Waals surface area contributed by atoms with Gasteiger partial charge in [-0.05, 0) is 66.7 Å². The number of rotatable bonds is 8. The van der Waals surface area contributed by atoms with Crippen molar-refractivity contribution in [1.82, 2.24) is 0 Å². The Bertz CT molecular complexity index is 1600. The molecular formula is C33H26ClN3O3. The standard InChI is InChI=1S/C33H26ClN3O3/c1-40-31-21-20-23(34)22-29(31)36-32(38)26-16-8-10-18-28(26)35-33(39)27-17-9-11-19-30(27)37(24-12-4-2-5-13-24)25-14-6-3-7-15-25/h2-22H,1H3,(H,35,39)(H,36,38). The van der Waals surface area contributed by atoms with Gasteiger partial charge in [0.15, 0.2) is 0 Å². The molecule has 0 saturated heterocycles. The Balaban J connectivity index is 1.48. The number of para-hydroxylation sites is 4. The van der Waals surface area contributed by atoms with E-state index in [9.17, 15) is 9.59 Å². The van der Waals surface area contributed by atoms with Crippen LogP contribution in [0.3, 0.4) is 0 Å². The molecule has 2 N–H and O–H groups in total. The lowest BCUT2D eigenvalue weighted by Gasteiger charge is -2.27. The number of carbonyl (C=O) groups excluding carboxylic acids is 2. The van der Waals surface area contributed by atoms with Gasteiger partial charge in [-0.25, -0.2) is 0 Å². The van der Waals surface area contributed by atoms with Gasteiger partial charge >= 0.3 is 0 Å². The predicted octanol–water partition coefficient (Wildman–Crippen LogP) is 8.32. The van der Waals surface area contributed by atoms with Gasteiger partial charge in [0.25, 0.3) is 11.8 Å². The van der Waals surface area contributed by atoms with Crippen molar-refractivity contribution < 1.29 is 14.3 Å². The molecular weight excluding hydrogens is 522 g/mol. The van der Waals surface area contributed by atoms with E-state index in [1.165, 1.54) is 7.11 Å². The number of nitrogens with zero attached hydrogens (tertiary/aromatic N) is 1. The molecule has 0 aliphatic carbocycles. The second-order valence-corrected chi connectivity index (χ2v) is 9.26. The second kappa shape index (κ2) is 12.2. The van der Waals surface area contributed by atoms with Gasteiger partial charge in [0.1, 0.15) is 5.75 Å². The molecule has 0 fully saturated rings. The first-order valence-corrected chi connectivity index (χ1v) is 13.0. The molecule has 0 spiro atoms. The van der Waals surface area contributed by atoms with E-state index < -0.39 is 5.91 Å². The quantitative estimate of drug-likeness (QED) is 0.205. The lowest BCUT2D eigenvalue weighted by molar-refractivity contribution is 0.102. The first kappa shape index (κ1) is 26.5. The topological polar surface area (TPSA) is 70.7 Å². The van der Waals surface area contributed by atoms with Crippen LogP contribution in [0.25, 0.3) is 0 Å². The van der Waals surface area contributed by atoms with Crippen LogP contribution in [0.2, 0.25) is 5.02 Å². The lowest BCUT2D eigenvalue weighted by atomic mass is 10.1. The van der Waals surface area contributed by atoms with E-state index in [-0.39, 0.29) is 5.91 Å². The largest absolute Gasteiger partial charge is 0.495 e. The van der Waals surface area contributed by atoms with Crippen LogP contribution in [0.5, 0.6) is 5.75 Å². The fourth-order valence-electron chi connectivity index (χ4n) is 4.39. The first-order valence-electron chi connectivity index (χ1n) is 12.6. The SMILES string of the molecule is COc1ccc(Cl)cc1NC(=O)c1ccccc1NC(=O)c1ccccc1N(c1ccccc1)c1ccccc1. The maximum Gasteiger partial charge on any atom is 0.257 e. The van der Waals surface area contributed by atoms with Crippen LogP contribution >= 0.6 is 11.6 Å². The smallest absolute Gasteiger partial charge is 0.257 e. The maximum atomic E-state index is 13.8. The van der Waals surface area contributed by atoms with Crippen molar-refractivity contribution in [2.45, 2.75) is 0 Å². The monoisotopic (exact) mass is 547 g/mol. The van der Waals surface area contributed by atoms with Gasteiger partial charge in [-0.3, -0.25) is 9.59 Å². The molecule has 6 nitrogen and oxygen atoms in total. The average molecular weight is 548 g/mol. The molecule has 0 bridgehead atoms. The summed E-state index contributed by atoms with van der Waals surface area (Å²) in [5, 5.41) is 6.24. The minimum Gasteiger partial charge on any atom is -0.495 e. The van der Waals surface area contributed by atoms with Crippen molar-refractivity contribution in [1.29, 1.82) is 0 Å². The van der Waals surface area contributed by atoms with E-state index in [2.05, 4.69) is 10.6 Å². The molecule has 0 unspecified atom stereocenters. The molecule has 0 radical (unpaired) electrons. The Morgan fingerprint density at radius 2 is 1.15 bits per heavy atom. The van der Waals surface area contributed by atoms with Gasteiger partial charge in [-0.15, -0.1) is 0 Å². The van der Waals surface area contributed by atoms with Crippen molar-refractivity contribution >= 4 is 51.9 Å². The van der Waals surface area contributed by atoms with E-state index in [1.54, 1.807) is 48.5 Å². The van der Waals surface area contributed by atoms with Crippen LogP contribution in [0, 0.1) is 0 Å². The number of amides is 2. The highest BCUT2D eigenvalue weighted by Gasteiger charge is 2.21. The maximum absolute atomic E-state index is 13.8. The Morgan fingerprint density at radius 3 is 1.80 bits per heavy atom.